The van der Waals surface area contributed by atoms with Gasteiger partial charge >= 0.3 is 15.6 Å². The van der Waals surface area contributed by atoms with E-state index in [1.807, 2.05) is 0 Å². The lowest BCUT2D eigenvalue weighted by Gasteiger charge is -2.25. The third kappa shape index (κ3) is 5.39. The number of fused-ring (bicyclic) bond motifs is 5. The van der Waals surface area contributed by atoms with Gasteiger partial charge in [0, 0.05) is 16.8 Å². The Hall–Kier alpha value is -3.44. The van der Waals surface area contributed by atoms with Crippen LogP contribution in [0.25, 0.3) is 11.2 Å². The summed E-state index contributed by atoms with van der Waals surface area (Å²) in [4.78, 5) is 48.0. The quantitative estimate of drug-likeness (QED) is 0.0841. The van der Waals surface area contributed by atoms with Crippen LogP contribution in [0.15, 0.2) is 29.7 Å². The number of hydrogen-bond acceptors (Lipinski definition) is 17. The van der Waals surface area contributed by atoms with Crippen molar-refractivity contribution in [3.8, 4) is 0 Å². The average molecular weight is 689 g/mol. The summed E-state index contributed by atoms with van der Waals surface area (Å²) in [5, 5.41) is 29.3. The van der Waals surface area contributed by atoms with Crippen molar-refractivity contribution >= 4 is 38.7 Å². The molecule has 0 aromatic carbocycles. The fourth-order valence-electron chi connectivity index (χ4n) is 5.51. The van der Waals surface area contributed by atoms with Crippen LogP contribution in [-0.2, 0) is 36.7 Å². The van der Waals surface area contributed by atoms with E-state index in [0.29, 0.717) is 5.95 Å². The molecule has 3 saturated heterocycles. The number of imidazole rings is 1. The molecule has 10 unspecified atom stereocenters. The van der Waals surface area contributed by atoms with Crippen molar-refractivity contribution in [2.45, 2.75) is 49.0 Å². The van der Waals surface area contributed by atoms with Gasteiger partial charge in [0.2, 0.25) is 17.8 Å². The molecule has 3 aliphatic rings. The van der Waals surface area contributed by atoms with Gasteiger partial charge in [-0.15, -0.1) is 4.52 Å². The monoisotopic (exact) mass is 689 g/mol. The molecule has 0 amide bonds. The molecule has 248 valence electrons. The van der Waals surface area contributed by atoms with Gasteiger partial charge in [0.05, 0.1) is 25.7 Å². The van der Waals surface area contributed by atoms with Gasteiger partial charge in [0.25, 0.3) is 11.5 Å². The number of aromatic nitrogens is 8. The van der Waals surface area contributed by atoms with Crippen molar-refractivity contribution in [3.05, 3.63) is 41.0 Å². The van der Waals surface area contributed by atoms with Crippen LogP contribution in [0.4, 0.5) is 11.9 Å². The second kappa shape index (κ2) is 11.4. The third-order valence-electron chi connectivity index (χ3n) is 7.56. The Labute approximate surface area is 255 Å². The lowest BCUT2D eigenvalue weighted by Crippen LogP contribution is -2.39. The largest absolute Gasteiger partial charge is 0.472 e. The van der Waals surface area contributed by atoms with Gasteiger partial charge in [-0.3, -0.25) is 32.4 Å². The van der Waals surface area contributed by atoms with Crippen LogP contribution in [-0.4, -0.2) is 111 Å². The molecule has 4 aromatic heterocycles. The number of nitrogens with zero attached hydrogens (tertiary/aromatic N) is 7. The van der Waals surface area contributed by atoms with E-state index in [9.17, 15) is 33.9 Å². The van der Waals surface area contributed by atoms with E-state index in [2.05, 4.69) is 30.4 Å². The number of aliphatic hydroxyl groups excluding tert-OH is 2. The standard InChI is InChI=1S/C21H26N10O13P2/c1-23-21-24-2-3-30-8(4-26-31(21)30)14-13(33)15-10(41-14)6-40-46(37,38)44-16-12(32)9(5-39-45(35,36)43-15)42-19(16)29-7-25-11-17(29)27-20(22)28-18(11)34/h2-4,7,9-10,12-16,19,32-33H,5-6H2,1H3,(H5-,22,23,24,26,27,28,34,35,36,37,38)/p+1. The van der Waals surface area contributed by atoms with Gasteiger partial charge in [-0.25, -0.2) is 19.1 Å². The van der Waals surface area contributed by atoms with E-state index < -0.39 is 83.4 Å². The summed E-state index contributed by atoms with van der Waals surface area (Å²) in [5.74, 6) is 0.0576. The van der Waals surface area contributed by atoms with Crippen molar-refractivity contribution < 1.29 is 61.2 Å². The Morgan fingerprint density at radius 2 is 1.78 bits per heavy atom. The zero-order valence-corrected chi connectivity index (χ0v) is 25.2. The molecule has 46 heavy (non-hydrogen) atoms. The maximum absolute atomic E-state index is 13.2. The van der Waals surface area contributed by atoms with Crippen molar-refractivity contribution in [3.63, 3.8) is 0 Å². The molecule has 0 spiro atoms. The van der Waals surface area contributed by atoms with E-state index >= 15 is 0 Å². The highest BCUT2D eigenvalue weighted by atomic mass is 31.2. The van der Waals surface area contributed by atoms with Crippen molar-refractivity contribution in [1.29, 1.82) is 0 Å². The smallest absolute Gasteiger partial charge is 0.387 e. The van der Waals surface area contributed by atoms with Gasteiger partial charge in [-0.05, 0) is 0 Å². The maximum atomic E-state index is 13.2. The molecule has 0 radical (unpaired) electrons. The van der Waals surface area contributed by atoms with E-state index in [-0.39, 0.29) is 22.8 Å². The molecular formula is C21H27N10O13P2+. The second-order valence-electron chi connectivity index (χ2n) is 10.4. The Morgan fingerprint density at radius 3 is 2.52 bits per heavy atom. The number of phosphoric acid groups is 2. The molecule has 10 atom stereocenters. The molecule has 7 rings (SSSR count). The molecule has 2 bridgehead atoms. The summed E-state index contributed by atoms with van der Waals surface area (Å²) in [7, 11) is -8.53. The molecule has 4 aromatic rings. The summed E-state index contributed by atoms with van der Waals surface area (Å²) >= 11 is 0. The first kappa shape index (κ1) is 31.2. The van der Waals surface area contributed by atoms with Gasteiger partial charge in [0.15, 0.2) is 23.5 Å². The molecule has 3 fully saturated rings. The Bertz CT molecular complexity index is 1950. The Balaban J connectivity index is 1.20. The summed E-state index contributed by atoms with van der Waals surface area (Å²) < 4.78 is 63.0. The highest BCUT2D eigenvalue weighted by Crippen LogP contribution is 2.53. The predicted octanol–water partition coefficient (Wildman–Crippen LogP) is -2.85. The van der Waals surface area contributed by atoms with Crippen LogP contribution in [0.5, 0.6) is 0 Å². The van der Waals surface area contributed by atoms with Crippen LogP contribution < -0.4 is 21.1 Å². The minimum absolute atomic E-state index is 0.120. The number of hydrogen-bond donors (Lipinski definition) is 7. The normalized spacial score (nSPS) is 37.1. The maximum Gasteiger partial charge on any atom is 0.472 e. The van der Waals surface area contributed by atoms with E-state index in [4.69, 9.17) is 33.3 Å². The summed E-state index contributed by atoms with van der Waals surface area (Å²) in [5.41, 5.74) is 4.95. The number of aromatic amines is 1. The molecule has 0 aliphatic carbocycles. The minimum atomic E-state index is -5.10. The van der Waals surface area contributed by atoms with Crippen molar-refractivity contribution in [2.75, 3.05) is 31.3 Å². The Morgan fingerprint density at radius 1 is 1.07 bits per heavy atom. The summed E-state index contributed by atoms with van der Waals surface area (Å²) in [6, 6.07) is 0. The fraction of sp³-hybridized carbons (Fsp3) is 0.524. The molecule has 8 N–H and O–H groups in total. The zero-order valence-electron chi connectivity index (χ0n) is 23.4. The predicted molar refractivity (Wildman–Crippen MR) is 146 cm³/mol. The number of nitrogens with one attached hydrogen (secondary N) is 2. The van der Waals surface area contributed by atoms with Gasteiger partial charge in [0.1, 0.15) is 42.8 Å². The number of anilines is 2. The summed E-state index contributed by atoms with van der Waals surface area (Å²) in [6.07, 6.45) is -6.94. The topological polar surface area (TPSA) is 306 Å². The molecule has 3 aliphatic heterocycles. The van der Waals surface area contributed by atoms with Gasteiger partial charge in [-0.2, -0.15) is 4.98 Å². The van der Waals surface area contributed by atoms with E-state index in [1.165, 1.54) is 27.7 Å². The highest BCUT2D eigenvalue weighted by molar-refractivity contribution is 7.47. The molecule has 0 saturated carbocycles. The number of phosphoric ester groups is 2. The average Bonchev–Trinajstić information content (AvgIpc) is 3.76. The number of nitrogen functional groups attached to an aromatic ring is 1. The first-order chi connectivity index (χ1) is 21.9. The van der Waals surface area contributed by atoms with Crippen LogP contribution in [0.2, 0.25) is 0 Å². The SMILES string of the molecule is CNc1ncc[n+]2c(C3OC4COP(=O)(O)OC5C(O)C(COP(=O)(O)OC4C3O)OC5n3cnc4c(=O)[nH]c(N)nc43)cnn12. The van der Waals surface area contributed by atoms with Gasteiger partial charge in [-0.1, -0.05) is 0 Å². The molecule has 7 heterocycles. The number of nitrogens with two attached hydrogens (primary N) is 1. The third-order valence-corrected chi connectivity index (χ3v) is 9.53. The van der Waals surface area contributed by atoms with Crippen molar-refractivity contribution in [2.24, 2.45) is 0 Å². The van der Waals surface area contributed by atoms with E-state index in [0.717, 1.165) is 10.9 Å². The van der Waals surface area contributed by atoms with Crippen molar-refractivity contribution in [1.82, 2.24) is 34.2 Å². The molecular weight excluding hydrogens is 662 g/mol. The Kier molecular flexibility index (Phi) is 7.70. The van der Waals surface area contributed by atoms with E-state index in [1.54, 1.807) is 7.05 Å². The number of rotatable bonds is 3. The number of H-pyrrole nitrogens is 1. The molecule has 23 nitrogen and oxygen atoms in total. The molecule has 25 heteroatoms. The lowest BCUT2D eigenvalue weighted by atomic mass is 10.1. The van der Waals surface area contributed by atoms with Crippen LogP contribution in [0, 0.1) is 0 Å². The fourth-order valence-corrected chi connectivity index (χ4v) is 7.40. The lowest BCUT2D eigenvalue weighted by molar-refractivity contribution is -0.634. The summed E-state index contributed by atoms with van der Waals surface area (Å²) in [6.45, 7) is -1.61. The second-order valence-corrected chi connectivity index (χ2v) is 13.2. The zero-order chi connectivity index (χ0) is 32.5. The minimum Gasteiger partial charge on any atom is -0.387 e. The van der Waals surface area contributed by atoms with Gasteiger partial charge < -0.3 is 40.5 Å². The van der Waals surface area contributed by atoms with Crippen LogP contribution in [0.1, 0.15) is 18.0 Å². The number of aliphatic hydroxyl groups is 2. The van der Waals surface area contributed by atoms with Crippen LogP contribution >= 0.6 is 15.6 Å². The first-order valence-electron chi connectivity index (χ1n) is 13.5. The van der Waals surface area contributed by atoms with Crippen LogP contribution in [0.3, 0.4) is 0 Å². The first-order valence-corrected chi connectivity index (χ1v) is 16.5. The number of ether oxygens (including phenoxy) is 2. The highest BCUT2D eigenvalue weighted by Gasteiger charge is 2.54.